The lowest BCUT2D eigenvalue weighted by Gasteiger charge is -2.03. The molecule has 1 aromatic carbocycles. The number of carbonyl (C=O) groups excluding carboxylic acids is 1. The van der Waals surface area contributed by atoms with Crippen LogP contribution in [0.2, 0.25) is 0 Å². The van der Waals surface area contributed by atoms with Crippen LogP contribution in [0.4, 0.5) is 4.39 Å². The molecule has 0 spiro atoms. The van der Waals surface area contributed by atoms with E-state index in [4.69, 9.17) is 4.52 Å². The number of hydrogen-bond donors (Lipinski definition) is 2. The minimum Gasteiger partial charge on any atom is -0.356 e. The molecule has 1 amide bonds. The summed E-state index contributed by atoms with van der Waals surface area (Å²) in [6.07, 6.45) is 1.02. The highest BCUT2D eigenvalue weighted by atomic mass is 19.1. The fourth-order valence-electron chi connectivity index (χ4n) is 2.60. The molecular weight excluding hydrogens is 323 g/mol. The number of halogens is 1. The van der Waals surface area contributed by atoms with E-state index in [1.54, 1.807) is 18.2 Å². The Morgan fingerprint density at radius 1 is 1.28 bits per heavy atom. The molecule has 0 aliphatic rings. The van der Waals surface area contributed by atoms with Gasteiger partial charge in [0, 0.05) is 23.7 Å². The summed E-state index contributed by atoms with van der Waals surface area (Å²) in [5.41, 5.74) is 4.34. The Morgan fingerprint density at radius 2 is 2.04 bits per heavy atom. The molecule has 0 saturated carbocycles. The number of aromatic nitrogens is 3. The van der Waals surface area contributed by atoms with Crippen molar-refractivity contribution in [1.82, 2.24) is 20.7 Å². The first kappa shape index (κ1) is 16.9. The lowest BCUT2D eigenvalue weighted by atomic mass is 10.1. The van der Waals surface area contributed by atoms with E-state index in [1.807, 2.05) is 13.8 Å². The van der Waals surface area contributed by atoms with Gasteiger partial charge in [0.05, 0.1) is 12.2 Å². The van der Waals surface area contributed by atoms with Crippen molar-refractivity contribution >= 4 is 5.91 Å². The molecule has 0 aliphatic carbocycles. The van der Waals surface area contributed by atoms with Gasteiger partial charge in [0.2, 0.25) is 5.91 Å². The third-order valence-corrected chi connectivity index (χ3v) is 4.04. The maximum atomic E-state index is 12.9. The lowest BCUT2D eigenvalue weighted by Crippen LogP contribution is -2.23. The van der Waals surface area contributed by atoms with E-state index >= 15 is 0 Å². The number of amides is 1. The third-order valence-electron chi connectivity index (χ3n) is 4.04. The van der Waals surface area contributed by atoms with Gasteiger partial charge in [-0.15, -0.1) is 0 Å². The summed E-state index contributed by atoms with van der Waals surface area (Å²) in [5, 5.41) is 13.8. The molecule has 7 heteroatoms. The predicted octanol–water partition coefficient (Wildman–Crippen LogP) is 3.07. The molecule has 2 aromatic heterocycles. The van der Waals surface area contributed by atoms with Crippen LogP contribution in [0.5, 0.6) is 0 Å². The Bertz CT molecular complexity index is 848. The van der Waals surface area contributed by atoms with Gasteiger partial charge in [-0.05, 0) is 50.1 Å². The Hall–Kier alpha value is -2.96. The van der Waals surface area contributed by atoms with Gasteiger partial charge < -0.3 is 9.84 Å². The quantitative estimate of drug-likeness (QED) is 0.721. The van der Waals surface area contributed by atoms with E-state index < -0.39 is 0 Å². The maximum absolute atomic E-state index is 12.9. The summed E-state index contributed by atoms with van der Waals surface area (Å²) in [7, 11) is 0. The van der Waals surface area contributed by atoms with Gasteiger partial charge in [-0.1, -0.05) is 5.16 Å². The van der Waals surface area contributed by atoms with Crippen LogP contribution in [-0.2, 0) is 17.8 Å². The van der Waals surface area contributed by atoms with Crippen molar-refractivity contribution < 1.29 is 13.7 Å². The van der Waals surface area contributed by atoms with Crippen molar-refractivity contribution in [3.63, 3.8) is 0 Å². The van der Waals surface area contributed by atoms with Crippen LogP contribution in [0.3, 0.4) is 0 Å². The van der Waals surface area contributed by atoms with E-state index in [1.165, 1.54) is 12.1 Å². The summed E-state index contributed by atoms with van der Waals surface area (Å²) < 4.78 is 18.2. The monoisotopic (exact) mass is 342 g/mol. The van der Waals surface area contributed by atoms with Gasteiger partial charge in [-0.25, -0.2) is 4.39 Å². The summed E-state index contributed by atoms with van der Waals surface area (Å²) in [5.74, 6) is 0.166. The number of H-pyrrole nitrogens is 1. The molecule has 0 saturated heterocycles. The zero-order chi connectivity index (χ0) is 17.8. The van der Waals surface area contributed by atoms with Crippen LogP contribution in [0, 0.1) is 19.7 Å². The molecule has 0 bridgehead atoms. The van der Waals surface area contributed by atoms with Crippen LogP contribution in [0.1, 0.15) is 29.1 Å². The highest BCUT2D eigenvalue weighted by Crippen LogP contribution is 2.20. The molecule has 3 aromatic rings. The van der Waals surface area contributed by atoms with E-state index in [0.29, 0.717) is 24.3 Å². The van der Waals surface area contributed by atoms with Gasteiger partial charge in [-0.3, -0.25) is 9.89 Å². The van der Waals surface area contributed by atoms with Gasteiger partial charge in [-0.2, -0.15) is 5.10 Å². The molecule has 130 valence electrons. The average Bonchev–Trinajstić information content (AvgIpc) is 3.19. The number of nitrogens with one attached hydrogen (secondary N) is 2. The van der Waals surface area contributed by atoms with Crippen molar-refractivity contribution in [3.8, 4) is 11.3 Å². The first-order chi connectivity index (χ1) is 12.0. The van der Waals surface area contributed by atoms with E-state index in [-0.39, 0.29) is 18.3 Å². The average molecular weight is 342 g/mol. The Balaban J connectivity index is 1.52. The molecule has 2 N–H and O–H groups in total. The molecule has 0 atom stereocenters. The molecule has 0 radical (unpaired) electrons. The minimum absolute atomic E-state index is 0.0636. The fraction of sp³-hybridized carbons (Fsp3) is 0.278. The molecule has 6 nitrogen and oxygen atoms in total. The topological polar surface area (TPSA) is 83.8 Å². The normalized spacial score (nSPS) is 10.8. The van der Waals surface area contributed by atoms with Crippen molar-refractivity contribution in [2.75, 3.05) is 0 Å². The summed E-state index contributed by atoms with van der Waals surface area (Å²) in [6, 6.07) is 7.69. The van der Waals surface area contributed by atoms with E-state index in [9.17, 15) is 9.18 Å². The van der Waals surface area contributed by atoms with Crippen LogP contribution < -0.4 is 5.32 Å². The largest absolute Gasteiger partial charge is 0.356 e. The van der Waals surface area contributed by atoms with Crippen LogP contribution in [0.15, 0.2) is 34.9 Å². The first-order valence-electron chi connectivity index (χ1n) is 8.01. The van der Waals surface area contributed by atoms with Gasteiger partial charge in [0.25, 0.3) is 0 Å². The molecule has 3 rings (SSSR count). The Kier molecular flexibility index (Phi) is 4.92. The van der Waals surface area contributed by atoms with Crippen LogP contribution in [0.25, 0.3) is 11.3 Å². The van der Waals surface area contributed by atoms with E-state index in [2.05, 4.69) is 20.7 Å². The fourth-order valence-corrected chi connectivity index (χ4v) is 2.60. The third kappa shape index (κ3) is 4.12. The Morgan fingerprint density at radius 3 is 2.72 bits per heavy atom. The van der Waals surface area contributed by atoms with Crippen molar-refractivity contribution in [1.29, 1.82) is 0 Å². The zero-order valence-electron chi connectivity index (χ0n) is 14.1. The summed E-state index contributed by atoms with van der Waals surface area (Å²) >= 11 is 0. The zero-order valence-corrected chi connectivity index (χ0v) is 14.1. The molecule has 0 unspecified atom stereocenters. The molecule has 0 fully saturated rings. The first-order valence-corrected chi connectivity index (χ1v) is 8.01. The van der Waals surface area contributed by atoms with Crippen LogP contribution >= 0.6 is 0 Å². The summed E-state index contributed by atoms with van der Waals surface area (Å²) in [6.45, 7) is 4.15. The molecular formula is C18H19FN4O2. The number of hydrogen-bond acceptors (Lipinski definition) is 4. The number of aromatic amines is 1. The number of carbonyl (C=O) groups is 1. The predicted molar refractivity (Wildman–Crippen MR) is 90.1 cm³/mol. The van der Waals surface area contributed by atoms with Gasteiger partial charge >= 0.3 is 0 Å². The Labute approximate surface area is 144 Å². The standard InChI is InChI=1S/C18H19FN4O2/c1-11-16(12(2)22-21-11)7-8-18(24)20-10-15-9-17(25-23-15)13-3-5-14(19)6-4-13/h3-6,9H,7-8,10H2,1-2H3,(H,20,24)(H,21,22). The second kappa shape index (κ2) is 7.29. The van der Waals surface area contributed by atoms with Crippen LogP contribution in [-0.4, -0.2) is 21.3 Å². The van der Waals surface area contributed by atoms with Gasteiger partial charge in [0.1, 0.15) is 11.5 Å². The highest BCUT2D eigenvalue weighted by molar-refractivity contribution is 5.76. The number of nitrogens with zero attached hydrogens (tertiary/aromatic N) is 2. The second-order valence-electron chi connectivity index (χ2n) is 5.88. The molecule has 25 heavy (non-hydrogen) atoms. The van der Waals surface area contributed by atoms with Crippen molar-refractivity contribution in [2.45, 2.75) is 33.2 Å². The minimum atomic E-state index is -0.307. The number of rotatable bonds is 6. The van der Waals surface area contributed by atoms with E-state index in [0.717, 1.165) is 22.5 Å². The van der Waals surface area contributed by atoms with Crippen molar-refractivity contribution in [2.24, 2.45) is 0 Å². The van der Waals surface area contributed by atoms with Crippen molar-refractivity contribution in [3.05, 3.63) is 58.8 Å². The summed E-state index contributed by atoms with van der Waals surface area (Å²) in [4.78, 5) is 12.0. The number of benzene rings is 1. The van der Waals surface area contributed by atoms with Gasteiger partial charge in [0.15, 0.2) is 5.76 Å². The second-order valence-corrected chi connectivity index (χ2v) is 5.88. The smallest absolute Gasteiger partial charge is 0.220 e. The highest BCUT2D eigenvalue weighted by Gasteiger charge is 2.11. The number of aryl methyl sites for hydroxylation is 2. The SMILES string of the molecule is Cc1n[nH]c(C)c1CCC(=O)NCc1cc(-c2ccc(F)cc2)on1. The molecule has 2 heterocycles. The maximum Gasteiger partial charge on any atom is 0.220 e. The lowest BCUT2D eigenvalue weighted by molar-refractivity contribution is -0.121. The molecule has 0 aliphatic heterocycles.